The Morgan fingerprint density at radius 1 is 1.09 bits per heavy atom. The minimum Gasteiger partial charge on any atom is -0.476 e. The number of carbonyl (C=O) groups is 1. The lowest BCUT2D eigenvalue weighted by molar-refractivity contribution is -0.135. The molecule has 0 aliphatic carbocycles. The molecule has 1 unspecified atom stereocenters. The van der Waals surface area contributed by atoms with Crippen molar-refractivity contribution in [2.45, 2.75) is 68.2 Å². The van der Waals surface area contributed by atoms with E-state index < -0.39 is 21.3 Å². The van der Waals surface area contributed by atoms with E-state index in [9.17, 15) is 17.6 Å². The van der Waals surface area contributed by atoms with Crippen LogP contribution in [0.15, 0.2) is 41.3 Å². The van der Waals surface area contributed by atoms with Crippen LogP contribution in [0.4, 0.5) is 10.1 Å². The van der Waals surface area contributed by atoms with Crippen LogP contribution in [0, 0.1) is 5.82 Å². The average molecular weight is 529 g/mol. The lowest BCUT2D eigenvalue weighted by atomic mass is 9.95. The molecule has 0 radical (unpaired) electrons. The fourth-order valence-corrected chi connectivity index (χ4v) is 5.82. The van der Waals surface area contributed by atoms with Gasteiger partial charge >= 0.3 is 0 Å². The third-order valence-corrected chi connectivity index (χ3v) is 8.23. The first-order chi connectivity index (χ1) is 15.8. The second kappa shape index (κ2) is 9.21. The molecule has 2 saturated heterocycles. The number of rotatable bonds is 6. The number of halogens is 3. The Hall–Kier alpha value is -2.03. The maximum absolute atomic E-state index is 13.6. The number of carbonyl (C=O) groups excluding carboxylic acids is 1. The first-order valence-electron chi connectivity index (χ1n) is 11.1. The number of amides is 1. The number of nitrogens with one attached hydrogen (secondary N) is 1. The zero-order valence-electron chi connectivity index (χ0n) is 19.1. The molecule has 2 heterocycles. The largest absolute Gasteiger partial charge is 0.476 e. The second-order valence-electron chi connectivity index (χ2n) is 9.51. The first-order valence-corrected chi connectivity index (χ1v) is 13.7. The van der Waals surface area contributed by atoms with Crippen molar-refractivity contribution in [3.8, 4) is 5.75 Å². The van der Waals surface area contributed by atoms with Crippen LogP contribution in [0.1, 0.15) is 39.5 Å². The van der Waals surface area contributed by atoms with Crippen LogP contribution in [0.5, 0.6) is 5.75 Å². The Morgan fingerprint density at radius 2 is 1.68 bits per heavy atom. The number of anilines is 1. The fourth-order valence-electron chi connectivity index (χ4n) is 4.84. The minimum absolute atomic E-state index is 0.0216. The maximum Gasteiger partial charge on any atom is 0.263 e. The molecule has 6 nitrogen and oxygen atoms in total. The van der Waals surface area contributed by atoms with Crippen molar-refractivity contribution in [3.63, 3.8) is 0 Å². The molecule has 0 saturated carbocycles. The monoisotopic (exact) mass is 528 g/mol. The number of sulfone groups is 1. The molecule has 1 N–H and O–H groups in total. The zero-order valence-corrected chi connectivity index (χ0v) is 21.5. The van der Waals surface area contributed by atoms with E-state index in [1.54, 1.807) is 26.0 Å². The Balaban J connectivity index is 1.42. The summed E-state index contributed by atoms with van der Waals surface area (Å²) in [6.45, 7) is 3.26. The molecule has 0 spiro atoms. The summed E-state index contributed by atoms with van der Waals surface area (Å²) >= 11 is 11.9. The Bertz CT molecular complexity index is 1190. The topological polar surface area (TPSA) is 75.7 Å². The average Bonchev–Trinajstić information content (AvgIpc) is 3.01. The molecule has 10 heteroatoms. The molecule has 3 atom stereocenters. The van der Waals surface area contributed by atoms with Crippen LogP contribution in [-0.4, -0.2) is 44.3 Å². The van der Waals surface area contributed by atoms with E-state index in [0.717, 1.165) is 37.4 Å². The molecule has 2 aromatic carbocycles. The summed E-state index contributed by atoms with van der Waals surface area (Å²) in [5.41, 5.74) is -0.251. The number of ether oxygens (including phenoxy) is 1. The maximum atomic E-state index is 13.6. The highest BCUT2D eigenvalue weighted by Gasteiger charge is 2.42. The fraction of sp³-hybridized carbons (Fsp3) is 0.458. The molecule has 1 amide bonds. The normalized spacial score (nSPS) is 22.5. The lowest BCUT2D eigenvalue weighted by Gasteiger charge is -2.41. The highest BCUT2D eigenvalue weighted by Crippen LogP contribution is 2.40. The van der Waals surface area contributed by atoms with E-state index >= 15 is 0 Å². The Morgan fingerprint density at radius 3 is 2.24 bits per heavy atom. The number of piperidine rings is 1. The summed E-state index contributed by atoms with van der Waals surface area (Å²) < 4.78 is 42.9. The highest BCUT2D eigenvalue weighted by molar-refractivity contribution is 7.90. The van der Waals surface area contributed by atoms with Crippen molar-refractivity contribution >= 4 is 44.6 Å². The number of hydrogen-bond acceptors (Lipinski definition) is 5. The van der Waals surface area contributed by atoms with Gasteiger partial charge in [-0.05, 0) is 69.9 Å². The van der Waals surface area contributed by atoms with Gasteiger partial charge in [0.25, 0.3) is 5.91 Å². The SMILES string of the molecule is CC(C)(Oc1cc(Cl)c(F)cc1Cl)C(=O)NC1C[C@H]2CC[C@@H](C1)N2c1ccc(S(C)(=O)=O)cc1. The van der Waals surface area contributed by atoms with Crippen molar-refractivity contribution in [2.24, 2.45) is 0 Å². The zero-order chi connectivity index (χ0) is 24.8. The molecule has 2 aliphatic heterocycles. The van der Waals surface area contributed by atoms with E-state index in [1.807, 2.05) is 12.1 Å². The molecular formula is C24H27Cl2FN2O4S. The molecular weight excluding hydrogens is 502 g/mol. The molecule has 2 aromatic rings. The van der Waals surface area contributed by atoms with Gasteiger partial charge in [0.2, 0.25) is 0 Å². The van der Waals surface area contributed by atoms with Crippen LogP contribution >= 0.6 is 23.2 Å². The lowest BCUT2D eigenvalue weighted by Crippen LogP contribution is -2.55. The summed E-state index contributed by atoms with van der Waals surface area (Å²) in [6.07, 6.45) is 4.76. The molecule has 2 bridgehead atoms. The van der Waals surface area contributed by atoms with Crippen LogP contribution in [0.2, 0.25) is 10.0 Å². The second-order valence-corrected chi connectivity index (χ2v) is 12.3. The van der Waals surface area contributed by atoms with Crippen molar-refractivity contribution in [1.29, 1.82) is 0 Å². The van der Waals surface area contributed by atoms with Gasteiger partial charge in [0.1, 0.15) is 11.6 Å². The number of hydrogen-bond donors (Lipinski definition) is 1. The molecule has 2 aliphatic rings. The third-order valence-electron chi connectivity index (χ3n) is 6.52. The Labute approximate surface area is 209 Å². The number of nitrogens with zero attached hydrogens (tertiary/aromatic N) is 1. The van der Waals surface area contributed by atoms with Crippen LogP contribution in [0.3, 0.4) is 0 Å². The highest BCUT2D eigenvalue weighted by atomic mass is 35.5. The number of fused-ring (bicyclic) bond motifs is 2. The predicted molar refractivity (Wildman–Crippen MR) is 131 cm³/mol. The standard InChI is InChI=1S/C24H27Cl2FN2O4S/c1-24(2,33-22-13-19(25)21(27)12-20(22)26)23(30)28-14-10-16-4-5-17(11-14)29(16)15-6-8-18(9-7-15)34(3,31)32/h6-9,12-14,16-17H,4-5,10-11H2,1-3H3,(H,28,30)/t14?,16-,17+. The number of benzene rings is 2. The van der Waals surface area contributed by atoms with Crippen molar-refractivity contribution in [3.05, 3.63) is 52.3 Å². The van der Waals surface area contributed by atoms with Crippen LogP contribution < -0.4 is 15.0 Å². The molecule has 184 valence electrons. The summed E-state index contributed by atoms with van der Waals surface area (Å²) in [5, 5.41) is 3.01. The van der Waals surface area contributed by atoms with E-state index in [1.165, 1.54) is 12.3 Å². The van der Waals surface area contributed by atoms with E-state index in [-0.39, 0.29) is 39.8 Å². The molecule has 34 heavy (non-hydrogen) atoms. The van der Waals surface area contributed by atoms with Crippen LogP contribution in [-0.2, 0) is 14.6 Å². The van der Waals surface area contributed by atoms with Gasteiger partial charge in [0.05, 0.1) is 14.9 Å². The molecule has 2 fully saturated rings. The predicted octanol–water partition coefficient (Wildman–Crippen LogP) is 5.01. The van der Waals surface area contributed by atoms with Gasteiger partial charge in [0, 0.05) is 36.1 Å². The third kappa shape index (κ3) is 5.14. The smallest absolute Gasteiger partial charge is 0.263 e. The molecule has 4 rings (SSSR count). The van der Waals surface area contributed by atoms with Crippen molar-refractivity contribution < 1.29 is 22.3 Å². The minimum atomic E-state index is -3.24. The van der Waals surface area contributed by atoms with Gasteiger partial charge in [-0.15, -0.1) is 0 Å². The van der Waals surface area contributed by atoms with Gasteiger partial charge in [-0.2, -0.15) is 0 Å². The summed E-state index contributed by atoms with van der Waals surface area (Å²) in [6, 6.07) is 9.81. The van der Waals surface area contributed by atoms with Crippen molar-refractivity contribution in [2.75, 3.05) is 11.2 Å². The molecule has 0 aromatic heterocycles. The van der Waals surface area contributed by atoms with Gasteiger partial charge < -0.3 is 15.0 Å². The summed E-state index contributed by atoms with van der Waals surface area (Å²) in [4.78, 5) is 15.7. The van der Waals surface area contributed by atoms with Crippen molar-refractivity contribution in [1.82, 2.24) is 5.32 Å². The van der Waals surface area contributed by atoms with Gasteiger partial charge in [-0.25, -0.2) is 12.8 Å². The quantitative estimate of drug-likeness (QED) is 0.533. The first kappa shape index (κ1) is 25.1. The van der Waals surface area contributed by atoms with E-state index in [4.69, 9.17) is 27.9 Å². The Kier molecular flexibility index (Phi) is 6.79. The summed E-state index contributed by atoms with van der Waals surface area (Å²) in [5.74, 6) is -0.811. The van der Waals surface area contributed by atoms with E-state index in [0.29, 0.717) is 4.90 Å². The summed E-state index contributed by atoms with van der Waals surface area (Å²) in [7, 11) is -3.24. The van der Waals surface area contributed by atoms with Gasteiger partial charge in [-0.1, -0.05) is 23.2 Å². The van der Waals surface area contributed by atoms with Crippen LogP contribution in [0.25, 0.3) is 0 Å². The van der Waals surface area contributed by atoms with Gasteiger partial charge in [0.15, 0.2) is 15.4 Å². The van der Waals surface area contributed by atoms with E-state index in [2.05, 4.69) is 10.2 Å². The van der Waals surface area contributed by atoms with Gasteiger partial charge in [-0.3, -0.25) is 4.79 Å².